The van der Waals surface area contributed by atoms with Crippen LogP contribution in [-0.4, -0.2) is 37.0 Å². The Kier molecular flexibility index (Phi) is 6.53. The van der Waals surface area contributed by atoms with Gasteiger partial charge in [0.1, 0.15) is 0 Å². The van der Waals surface area contributed by atoms with Crippen molar-refractivity contribution >= 4 is 0 Å². The molecule has 4 atom stereocenters. The fourth-order valence-corrected chi connectivity index (χ4v) is 3.08. The van der Waals surface area contributed by atoms with Crippen molar-refractivity contribution in [2.24, 2.45) is 17.8 Å². The lowest BCUT2D eigenvalue weighted by Gasteiger charge is -2.32. The fraction of sp³-hybridized carbons (Fsp3) is 0.882. The lowest BCUT2D eigenvalue weighted by molar-refractivity contribution is 0.0108. The van der Waals surface area contributed by atoms with Crippen LogP contribution in [0.2, 0.25) is 0 Å². The summed E-state index contributed by atoms with van der Waals surface area (Å²) in [6.45, 7) is 6.40. The minimum Gasteiger partial charge on any atom is -0.389 e. The van der Waals surface area contributed by atoms with Crippen LogP contribution in [0.4, 0.5) is 0 Å². The number of hydrogen-bond donors (Lipinski definition) is 2. The van der Waals surface area contributed by atoms with E-state index < -0.39 is 0 Å². The first kappa shape index (κ1) is 16.0. The van der Waals surface area contributed by atoms with Gasteiger partial charge >= 0.3 is 0 Å². The molecule has 0 spiro atoms. The van der Waals surface area contributed by atoms with Crippen molar-refractivity contribution in [3.05, 3.63) is 12.2 Å². The number of hydrogen-bond acceptors (Lipinski definition) is 3. The molecule has 1 fully saturated rings. The number of allylic oxidation sites excluding steroid dienone is 2. The monoisotopic (exact) mass is 281 g/mol. The van der Waals surface area contributed by atoms with Gasteiger partial charge in [-0.3, -0.25) is 0 Å². The van der Waals surface area contributed by atoms with Crippen LogP contribution >= 0.6 is 0 Å². The molecule has 0 aromatic heterocycles. The summed E-state index contributed by atoms with van der Waals surface area (Å²) >= 11 is 0. The van der Waals surface area contributed by atoms with Crippen LogP contribution < -0.4 is 5.32 Å². The Bertz CT molecular complexity index is 301. The summed E-state index contributed by atoms with van der Waals surface area (Å²) in [7, 11) is 0. The molecule has 0 radical (unpaired) electrons. The van der Waals surface area contributed by atoms with Gasteiger partial charge in [0, 0.05) is 12.6 Å². The lowest BCUT2D eigenvalue weighted by Crippen LogP contribution is -2.42. The molecular formula is C17H31NO2. The van der Waals surface area contributed by atoms with Gasteiger partial charge in [0.15, 0.2) is 0 Å². The molecule has 4 unspecified atom stereocenters. The second-order valence-corrected chi connectivity index (χ2v) is 6.76. The van der Waals surface area contributed by atoms with Crippen molar-refractivity contribution in [3.63, 3.8) is 0 Å². The molecule has 0 heterocycles. The highest BCUT2D eigenvalue weighted by molar-refractivity contribution is 4.93. The molecule has 20 heavy (non-hydrogen) atoms. The third-order valence-corrected chi connectivity index (χ3v) is 5.09. The third kappa shape index (κ3) is 4.87. The van der Waals surface area contributed by atoms with Gasteiger partial charge in [-0.1, -0.05) is 25.5 Å². The van der Waals surface area contributed by atoms with Gasteiger partial charge < -0.3 is 15.2 Å². The van der Waals surface area contributed by atoms with E-state index in [0.717, 1.165) is 25.4 Å². The van der Waals surface area contributed by atoms with Gasteiger partial charge in [-0.25, -0.2) is 0 Å². The first-order valence-corrected chi connectivity index (χ1v) is 8.31. The maximum absolute atomic E-state index is 9.96. The molecule has 3 nitrogen and oxygen atoms in total. The summed E-state index contributed by atoms with van der Waals surface area (Å²) in [5.74, 6) is 2.14. The molecule has 0 amide bonds. The molecule has 2 N–H and O–H groups in total. The number of nitrogens with one attached hydrogen (secondary N) is 1. The van der Waals surface area contributed by atoms with Gasteiger partial charge in [0.05, 0.1) is 19.3 Å². The second-order valence-electron chi connectivity index (χ2n) is 6.76. The van der Waals surface area contributed by atoms with Crippen molar-refractivity contribution in [1.82, 2.24) is 5.32 Å². The van der Waals surface area contributed by atoms with Gasteiger partial charge in [0.2, 0.25) is 0 Å². The van der Waals surface area contributed by atoms with Gasteiger partial charge in [0.25, 0.3) is 0 Å². The molecule has 2 rings (SSSR count). The van der Waals surface area contributed by atoms with E-state index in [1.54, 1.807) is 0 Å². The zero-order chi connectivity index (χ0) is 14.4. The minimum absolute atomic E-state index is 0.382. The van der Waals surface area contributed by atoms with E-state index in [4.69, 9.17) is 4.74 Å². The normalized spacial score (nSPS) is 29.9. The fourth-order valence-electron chi connectivity index (χ4n) is 3.08. The average Bonchev–Trinajstić information content (AvgIpc) is 2.37. The van der Waals surface area contributed by atoms with Crippen LogP contribution in [0.25, 0.3) is 0 Å². The van der Waals surface area contributed by atoms with E-state index in [9.17, 15) is 5.11 Å². The van der Waals surface area contributed by atoms with Crippen LogP contribution in [0.1, 0.15) is 46.0 Å². The third-order valence-electron chi connectivity index (χ3n) is 5.09. The van der Waals surface area contributed by atoms with Crippen molar-refractivity contribution in [3.8, 4) is 0 Å². The van der Waals surface area contributed by atoms with E-state index >= 15 is 0 Å². The van der Waals surface area contributed by atoms with E-state index in [1.807, 2.05) is 0 Å². The van der Waals surface area contributed by atoms with Crippen LogP contribution in [0, 0.1) is 17.8 Å². The van der Waals surface area contributed by atoms with Crippen LogP contribution in [0.5, 0.6) is 0 Å². The van der Waals surface area contributed by atoms with Crippen molar-refractivity contribution in [1.29, 1.82) is 0 Å². The molecule has 2 aliphatic carbocycles. The molecule has 0 bridgehead atoms. The highest BCUT2D eigenvalue weighted by Crippen LogP contribution is 2.29. The largest absolute Gasteiger partial charge is 0.389 e. The predicted octanol–water partition coefficient (Wildman–Crippen LogP) is 2.74. The zero-order valence-corrected chi connectivity index (χ0v) is 13.1. The Morgan fingerprint density at radius 1 is 1.30 bits per heavy atom. The molecule has 0 aliphatic heterocycles. The second kappa shape index (κ2) is 8.16. The quantitative estimate of drug-likeness (QED) is 0.672. The summed E-state index contributed by atoms with van der Waals surface area (Å²) in [5.41, 5.74) is 0. The highest BCUT2D eigenvalue weighted by Gasteiger charge is 2.24. The smallest absolute Gasteiger partial charge is 0.0897 e. The van der Waals surface area contributed by atoms with E-state index in [1.165, 1.54) is 19.3 Å². The predicted molar refractivity (Wildman–Crippen MR) is 82.7 cm³/mol. The molecule has 1 saturated carbocycles. The summed E-state index contributed by atoms with van der Waals surface area (Å²) in [4.78, 5) is 0. The number of ether oxygens (including phenoxy) is 1. The number of aliphatic hydroxyl groups is 1. The minimum atomic E-state index is -0.382. The SMILES string of the molecule is CC1CC=CCC1COCC(O)CNC(C)C1CCC1. The summed E-state index contributed by atoms with van der Waals surface area (Å²) in [6, 6.07) is 0.530. The molecule has 3 heteroatoms. The number of rotatable bonds is 8. The molecule has 0 saturated heterocycles. The molecule has 2 aliphatic rings. The standard InChI is InChI=1S/C17H31NO2/c1-13-6-3-4-7-16(13)11-20-12-17(19)10-18-14(2)15-8-5-9-15/h3-4,13-19H,5-12H2,1-2H3. The average molecular weight is 281 g/mol. The van der Waals surface area contributed by atoms with E-state index in [-0.39, 0.29) is 6.10 Å². The summed E-state index contributed by atoms with van der Waals surface area (Å²) in [5, 5.41) is 13.4. The van der Waals surface area contributed by atoms with Gasteiger partial charge in [-0.15, -0.1) is 0 Å². The van der Waals surface area contributed by atoms with Gasteiger partial charge in [-0.2, -0.15) is 0 Å². The van der Waals surface area contributed by atoms with Crippen LogP contribution in [0.15, 0.2) is 12.2 Å². The number of aliphatic hydroxyl groups excluding tert-OH is 1. The lowest BCUT2D eigenvalue weighted by atomic mass is 9.80. The van der Waals surface area contributed by atoms with Crippen LogP contribution in [0.3, 0.4) is 0 Å². The molecular weight excluding hydrogens is 250 g/mol. The van der Waals surface area contributed by atoms with E-state index in [2.05, 4.69) is 31.3 Å². The molecule has 0 aromatic carbocycles. The summed E-state index contributed by atoms with van der Waals surface area (Å²) in [6.07, 6.45) is 10.5. The first-order valence-electron chi connectivity index (χ1n) is 8.31. The summed E-state index contributed by atoms with van der Waals surface area (Å²) < 4.78 is 5.71. The molecule has 0 aromatic rings. The topological polar surface area (TPSA) is 41.5 Å². The van der Waals surface area contributed by atoms with Crippen molar-refractivity contribution in [2.75, 3.05) is 19.8 Å². The highest BCUT2D eigenvalue weighted by atomic mass is 16.5. The van der Waals surface area contributed by atoms with Crippen molar-refractivity contribution < 1.29 is 9.84 Å². The van der Waals surface area contributed by atoms with Crippen LogP contribution in [-0.2, 0) is 4.74 Å². The Labute approximate surface area is 123 Å². The Morgan fingerprint density at radius 2 is 2.05 bits per heavy atom. The zero-order valence-electron chi connectivity index (χ0n) is 13.1. The Morgan fingerprint density at radius 3 is 2.70 bits per heavy atom. The Hall–Kier alpha value is -0.380. The maximum Gasteiger partial charge on any atom is 0.0897 e. The Balaban J connectivity index is 1.53. The van der Waals surface area contributed by atoms with E-state index in [0.29, 0.717) is 31.0 Å². The van der Waals surface area contributed by atoms with Crippen molar-refractivity contribution in [2.45, 2.75) is 58.1 Å². The van der Waals surface area contributed by atoms with Gasteiger partial charge in [-0.05, 0) is 50.4 Å². The maximum atomic E-state index is 9.96. The first-order chi connectivity index (χ1) is 9.66. The molecule has 116 valence electrons.